The van der Waals surface area contributed by atoms with Crippen molar-refractivity contribution in [2.24, 2.45) is 5.84 Å². The zero-order valence-corrected chi connectivity index (χ0v) is 14.2. The average Bonchev–Trinajstić information content (AvgIpc) is 2.76. The number of unbranched alkanes of at least 4 members (excludes halogenated alkanes) is 7. The summed E-state index contributed by atoms with van der Waals surface area (Å²) in [4.78, 5) is 5.80. The van der Waals surface area contributed by atoms with Gasteiger partial charge in [0.1, 0.15) is 0 Å². The summed E-state index contributed by atoms with van der Waals surface area (Å²) in [6, 6.07) is 0.279. The predicted molar refractivity (Wildman–Crippen MR) is 88.9 cm³/mol. The Morgan fingerprint density at radius 3 is 2.15 bits per heavy atom. The van der Waals surface area contributed by atoms with E-state index in [0.29, 0.717) is 0 Å². The molecule has 3 N–H and O–H groups in total. The largest absolute Gasteiger partial charge is 0.271 e. The van der Waals surface area contributed by atoms with Crippen LogP contribution >= 0.6 is 11.3 Å². The van der Waals surface area contributed by atoms with Gasteiger partial charge < -0.3 is 0 Å². The molecule has 1 aromatic heterocycles. The monoisotopic (exact) mass is 297 g/mol. The van der Waals surface area contributed by atoms with E-state index in [9.17, 15) is 0 Å². The Bertz CT molecular complexity index is 363. The number of hydrogen-bond donors (Lipinski definition) is 2. The molecular weight excluding hydrogens is 266 g/mol. The van der Waals surface area contributed by atoms with Gasteiger partial charge in [-0.1, -0.05) is 58.3 Å². The lowest BCUT2D eigenvalue weighted by Gasteiger charge is -2.14. The quantitative estimate of drug-likeness (QED) is 0.350. The number of nitrogens with one attached hydrogen (secondary N) is 1. The van der Waals surface area contributed by atoms with Crippen molar-refractivity contribution < 1.29 is 0 Å². The van der Waals surface area contributed by atoms with Crippen molar-refractivity contribution in [2.45, 2.75) is 84.6 Å². The van der Waals surface area contributed by atoms with Crippen molar-refractivity contribution >= 4 is 11.3 Å². The second-order valence-corrected chi connectivity index (χ2v) is 6.90. The maximum Gasteiger partial charge on any atom is 0.0900 e. The highest BCUT2D eigenvalue weighted by molar-refractivity contribution is 7.11. The fourth-order valence-electron chi connectivity index (χ4n) is 2.64. The van der Waals surface area contributed by atoms with Gasteiger partial charge in [0.2, 0.25) is 0 Å². The van der Waals surface area contributed by atoms with Gasteiger partial charge in [-0.2, -0.15) is 0 Å². The molecule has 1 aromatic rings. The number of thiazole rings is 1. The third kappa shape index (κ3) is 6.33. The van der Waals surface area contributed by atoms with Crippen molar-refractivity contribution in [3.63, 3.8) is 0 Å². The third-order valence-electron chi connectivity index (χ3n) is 3.80. The zero-order chi connectivity index (χ0) is 14.8. The fourth-order valence-corrected chi connectivity index (χ4v) is 3.67. The fraction of sp³-hybridized carbons (Fsp3) is 0.812. The number of nitrogens with zero attached hydrogens (tertiary/aromatic N) is 1. The molecule has 0 aromatic carbocycles. The van der Waals surface area contributed by atoms with Gasteiger partial charge in [0.25, 0.3) is 0 Å². The van der Waals surface area contributed by atoms with Gasteiger partial charge in [-0.3, -0.25) is 11.3 Å². The van der Waals surface area contributed by atoms with E-state index in [1.165, 1.54) is 56.2 Å². The molecule has 0 saturated heterocycles. The highest BCUT2D eigenvalue weighted by Crippen LogP contribution is 2.28. The summed E-state index contributed by atoms with van der Waals surface area (Å²) >= 11 is 1.77. The summed E-state index contributed by atoms with van der Waals surface area (Å²) in [5.74, 6) is 5.71. The van der Waals surface area contributed by atoms with Gasteiger partial charge in [0.15, 0.2) is 0 Å². The molecule has 1 heterocycles. The van der Waals surface area contributed by atoms with Crippen molar-refractivity contribution in [3.8, 4) is 0 Å². The number of aromatic nitrogens is 1. The lowest BCUT2D eigenvalue weighted by atomic mass is 10.0. The molecule has 0 aliphatic rings. The van der Waals surface area contributed by atoms with E-state index >= 15 is 0 Å². The summed E-state index contributed by atoms with van der Waals surface area (Å²) in [6.07, 6.45) is 12.0. The Morgan fingerprint density at radius 1 is 1.05 bits per heavy atom. The lowest BCUT2D eigenvalue weighted by Crippen LogP contribution is -2.27. The molecule has 0 radical (unpaired) electrons. The number of hydrazine groups is 1. The van der Waals surface area contributed by atoms with E-state index in [1.807, 2.05) is 0 Å². The van der Waals surface area contributed by atoms with Crippen LogP contribution in [0.15, 0.2) is 0 Å². The normalized spacial score (nSPS) is 12.8. The molecule has 3 nitrogen and oxygen atoms in total. The van der Waals surface area contributed by atoms with Crippen LogP contribution in [0, 0.1) is 13.8 Å². The van der Waals surface area contributed by atoms with E-state index in [1.54, 1.807) is 11.3 Å². The molecule has 1 rings (SSSR count). The molecule has 0 saturated carbocycles. The van der Waals surface area contributed by atoms with Crippen molar-refractivity contribution in [2.75, 3.05) is 0 Å². The van der Waals surface area contributed by atoms with Crippen LogP contribution in [0.1, 0.15) is 86.3 Å². The average molecular weight is 298 g/mol. The van der Waals surface area contributed by atoms with Gasteiger partial charge in [-0.05, 0) is 20.3 Å². The Balaban J connectivity index is 2.17. The van der Waals surface area contributed by atoms with Crippen LogP contribution in [0.5, 0.6) is 0 Å². The molecule has 1 atom stereocenters. The Hall–Kier alpha value is -0.450. The molecule has 0 aliphatic heterocycles. The first-order valence-electron chi connectivity index (χ1n) is 8.09. The van der Waals surface area contributed by atoms with Crippen molar-refractivity contribution in [1.29, 1.82) is 0 Å². The van der Waals surface area contributed by atoms with Gasteiger partial charge in [-0.15, -0.1) is 11.3 Å². The van der Waals surface area contributed by atoms with Gasteiger partial charge in [-0.25, -0.2) is 4.98 Å². The first-order chi connectivity index (χ1) is 9.69. The van der Waals surface area contributed by atoms with Crippen LogP contribution in [0.4, 0.5) is 0 Å². The predicted octanol–water partition coefficient (Wildman–Crippen LogP) is 4.80. The maximum atomic E-state index is 5.71. The van der Waals surface area contributed by atoms with E-state index < -0.39 is 0 Å². The molecule has 20 heavy (non-hydrogen) atoms. The van der Waals surface area contributed by atoms with E-state index in [-0.39, 0.29) is 6.04 Å². The van der Waals surface area contributed by atoms with E-state index in [4.69, 9.17) is 5.84 Å². The smallest absolute Gasteiger partial charge is 0.0900 e. The van der Waals surface area contributed by atoms with Crippen LogP contribution in [0.25, 0.3) is 0 Å². The van der Waals surface area contributed by atoms with Gasteiger partial charge in [0, 0.05) is 4.88 Å². The topological polar surface area (TPSA) is 50.9 Å². The SMILES string of the molecule is CCCCCCCCCCC(NN)c1sc(C)nc1C. The molecule has 4 heteroatoms. The zero-order valence-electron chi connectivity index (χ0n) is 13.4. The molecular formula is C16H31N3S. The molecule has 0 amide bonds. The number of aryl methyl sites for hydroxylation is 2. The Morgan fingerprint density at radius 2 is 1.65 bits per heavy atom. The first-order valence-corrected chi connectivity index (χ1v) is 8.90. The summed E-state index contributed by atoms with van der Waals surface area (Å²) in [6.45, 7) is 6.41. The molecule has 0 aliphatic carbocycles. The standard InChI is InChI=1S/C16H31N3S/c1-4-5-6-7-8-9-10-11-12-15(19-17)16-13(2)18-14(3)20-16/h15,19H,4-12,17H2,1-3H3. The van der Waals surface area contributed by atoms with Crippen LogP contribution in [-0.4, -0.2) is 4.98 Å². The van der Waals surface area contributed by atoms with Crippen molar-refractivity contribution in [1.82, 2.24) is 10.4 Å². The lowest BCUT2D eigenvalue weighted by molar-refractivity contribution is 0.478. The first kappa shape index (κ1) is 17.6. The van der Waals surface area contributed by atoms with Crippen LogP contribution in [0.2, 0.25) is 0 Å². The van der Waals surface area contributed by atoms with Crippen LogP contribution in [0.3, 0.4) is 0 Å². The number of hydrogen-bond acceptors (Lipinski definition) is 4. The molecule has 0 bridgehead atoms. The minimum Gasteiger partial charge on any atom is -0.271 e. The molecule has 1 unspecified atom stereocenters. The minimum absolute atomic E-state index is 0.279. The van der Waals surface area contributed by atoms with Gasteiger partial charge >= 0.3 is 0 Å². The molecule has 116 valence electrons. The van der Waals surface area contributed by atoms with Crippen molar-refractivity contribution in [3.05, 3.63) is 15.6 Å². The number of rotatable bonds is 11. The number of nitrogens with two attached hydrogens (primary N) is 1. The Kier molecular flexibility index (Phi) is 9.07. The summed E-state index contributed by atoms with van der Waals surface area (Å²) in [5.41, 5.74) is 4.10. The molecule has 0 spiro atoms. The second kappa shape index (κ2) is 10.3. The minimum atomic E-state index is 0.279. The third-order valence-corrected chi connectivity index (χ3v) is 4.99. The van der Waals surface area contributed by atoms with Gasteiger partial charge in [0.05, 0.1) is 16.7 Å². The highest BCUT2D eigenvalue weighted by atomic mass is 32.1. The highest BCUT2D eigenvalue weighted by Gasteiger charge is 2.15. The van der Waals surface area contributed by atoms with E-state index in [0.717, 1.165) is 17.1 Å². The summed E-state index contributed by atoms with van der Waals surface area (Å²) in [5, 5.41) is 1.13. The second-order valence-electron chi connectivity index (χ2n) is 5.67. The van der Waals surface area contributed by atoms with Crippen LogP contribution < -0.4 is 11.3 Å². The summed E-state index contributed by atoms with van der Waals surface area (Å²) < 4.78 is 0. The summed E-state index contributed by atoms with van der Waals surface area (Å²) in [7, 11) is 0. The maximum absolute atomic E-state index is 5.71. The molecule has 0 fully saturated rings. The van der Waals surface area contributed by atoms with E-state index in [2.05, 4.69) is 31.2 Å². The Labute approximate surface area is 128 Å². The van der Waals surface area contributed by atoms with Crippen LogP contribution in [-0.2, 0) is 0 Å².